The van der Waals surface area contributed by atoms with Gasteiger partial charge in [-0.3, -0.25) is 9.69 Å². The lowest BCUT2D eigenvalue weighted by Crippen LogP contribution is -2.62. The van der Waals surface area contributed by atoms with Gasteiger partial charge in [-0.25, -0.2) is 4.98 Å². The number of piperidine rings is 3. The summed E-state index contributed by atoms with van der Waals surface area (Å²) in [5.74, 6) is 0.681. The zero-order valence-electron chi connectivity index (χ0n) is 13.6. The van der Waals surface area contributed by atoms with Crippen LogP contribution in [0.4, 0.5) is 0 Å². The summed E-state index contributed by atoms with van der Waals surface area (Å²) in [6, 6.07) is 8.56. The average molecular weight is 360 g/mol. The van der Waals surface area contributed by atoms with Crippen molar-refractivity contribution in [2.24, 2.45) is 5.92 Å². The Morgan fingerprint density at radius 2 is 2.04 bits per heavy atom. The van der Waals surface area contributed by atoms with Crippen molar-refractivity contribution in [3.63, 3.8) is 0 Å². The van der Waals surface area contributed by atoms with Crippen LogP contribution in [0.15, 0.2) is 45.1 Å². The van der Waals surface area contributed by atoms with Crippen LogP contribution in [0.25, 0.3) is 0 Å². The molecule has 3 fully saturated rings. The molecule has 3 saturated heterocycles. The Balaban J connectivity index is 1.41. The summed E-state index contributed by atoms with van der Waals surface area (Å²) in [7, 11) is 0. The molecule has 0 spiro atoms. The van der Waals surface area contributed by atoms with Crippen molar-refractivity contribution in [3.8, 4) is 0 Å². The highest BCUT2D eigenvalue weighted by atomic mass is 32.2. The summed E-state index contributed by atoms with van der Waals surface area (Å²) in [5, 5.41) is 5.26. The third-order valence-corrected chi connectivity index (χ3v) is 7.10. The summed E-state index contributed by atoms with van der Waals surface area (Å²) in [4.78, 5) is 20.5. The van der Waals surface area contributed by atoms with Crippen LogP contribution in [0.2, 0.25) is 0 Å². The number of hydrogen-bond donors (Lipinski definition) is 1. The lowest BCUT2D eigenvalue weighted by molar-refractivity contribution is 0.0217. The molecule has 0 saturated carbocycles. The average Bonchev–Trinajstić information content (AvgIpc) is 3.12. The van der Waals surface area contributed by atoms with E-state index in [0.29, 0.717) is 12.0 Å². The Hall–Kier alpha value is -1.37. The smallest absolute Gasteiger partial charge is 0.251 e. The van der Waals surface area contributed by atoms with Crippen LogP contribution in [0.5, 0.6) is 0 Å². The number of rotatable bonds is 4. The number of carbonyl (C=O) groups excluding carboxylic acids is 1. The van der Waals surface area contributed by atoms with Crippen molar-refractivity contribution in [1.29, 1.82) is 0 Å². The molecule has 2 atom stereocenters. The molecule has 3 aliphatic heterocycles. The van der Waals surface area contributed by atoms with E-state index in [4.69, 9.17) is 0 Å². The molecule has 3 aliphatic rings. The van der Waals surface area contributed by atoms with Crippen molar-refractivity contribution in [1.82, 2.24) is 15.2 Å². The van der Waals surface area contributed by atoms with Gasteiger partial charge in [0.1, 0.15) is 0 Å². The first-order chi connectivity index (χ1) is 11.7. The van der Waals surface area contributed by atoms with Crippen molar-refractivity contribution >= 4 is 29.0 Å². The molecule has 1 N–H and O–H groups in total. The predicted octanol–water partition coefficient (Wildman–Crippen LogP) is 3.51. The molecule has 4 nitrogen and oxygen atoms in total. The second-order valence-corrected chi connectivity index (χ2v) is 8.75. The van der Waals surface area contributed by atoms with E-state index < -0.39 is 0 Å². The summed E-state index contributed by atoms with van der Waals surface area (Å²) in [6.45, 7) is 4.60. The Bertz CT molecular complexity index is 692. The highest BCUT2D eigenvalue weighted by Gasteiger charge is 2.40. The fourth-order valence-corrected chi connectivity index (χ4v) is 5.41. The molecule has 24 heavy (non-hydrogen) atoms. The van der Waals surface area contributed by atoms with Crippen LogP contribution >= 0.6 is 23.1 Å². The van der Waals surface area contributed by atoms with Gasteiger partial charge in [-0.05, 0) is 63.0 Å². The molecule has 2 aromatic rings. The Kier molecular flexibility index (Phi) is 4.61. The number of nitrogens with zero attached hydrogens (tertiary/aromatic N) is 2. The molecular formula is C18H21N3OS2. The lowest BCUT2D eigenvalue weighted by atomic mass is 9.79. The third-order valence-electron chi connectivity index (χ3n) is 5.21. The molecular weight excluding hydrogens is 338 g/mol. The van der Waals surface area contributed by atoms with E-state index in [1.165, 1.54) is 25.9 Å². The van der Waals surface area contributed by atoms with E-state index in [1.807, 2.05) is 35.8 Å². The minimum Gasteiger partial charge on any atom is -0.347 e. The quantitative estimate of drug-likeness (QED) is 0.907. The Morgan fingerprint density at radius 1 is 1.29 bits per heavy atom. The van der Waals surface area contributed by atoms with Gasteiger partial charge < -0.3 is 5.32 Å². The van der Waals surface area contributed by atoms with Gasteiger partial charge >= 0.3 is 0 Å². The van der Waals surface area contributed by atoms with Gasteiger partial charge in [-0.2, -0.15) is 0 Å². The zero-order chi connectivity index (χ0) is 16.5. The van der Waals surface area contributed by atoms with Crippen LogP contribution in [0.1, 0.15) is 30.1 Å². The molecule has 1 aromatic heterocycles. The number of benzene rings is 1. The molecule has 1 aromatic carbocycles. The number of aromatic nitrogens is 1. The molecule has 2 unspecified atom stereocenters. The fourth-order valence-electron chi connectivity index (χ4n) is 3.82. The fraction of sp³-hybridized carbons (Fsp3) is 0.444. The number of nitrogens with one attached hydrogen (secondary N) is 1. The van der Waals surface area contributed by atoms with Gasteiger partial charge in [0, 0.05) is 34.1 Å². The monoisotopic (exact) mass is 359 g/mol. The molecule has 5 rings (SSSR count). The van der Waals surface area contributed by atoms with E-state index >= 15 is 0 Å². The van der Waals surface area contributed by atoms with Crippen molar-refractivity contribution in [2.45, 2.75) is 41.1 Å². The largest absolute Gasteiger partial charge is 0.347 e. The van der Waals surface area contributed by atoms with Gasteiger partial charge in [0.2, 0.25) is 0 Å². The predicted molar refractivity (Wildman–Crippen MR) is 97.7 cm³/mol. The van der Waals surface area contributed by atoms with Crippen LogP contribution < -0.4 is 5.32 Å². The standard InChI is InChI=1S/C18H21N3OS2/c1-12-16(13-6-9-21(12)10-7-13)20-17(22)14-2-4-15(5-3-14)24-18-19-8-11-23-18/h2-5,8,11-13,16H,6-7,9-10H2,1H3,(H,20,22). The Morgan fingerprint density at radius 3 is 2.67 bits per heavy atom. The minimum atomic E-state index is 0.0476. The lowest BCUT2D eigenvalue weighted by Gasteiger charge is -2.49. The maximum atomic E-state index is 12.6. The van der Waals surface area contributed by atoms with E-state index in [1.54, 1.807) is 23.1 Å². The first kappa shape index (κ1) is 16.1. The van der Waals surface area contributed by atoms with Crippen LogP contribution in [0.3, 0.4) is 0 Å². The van der Waals surface area contributed by atoms with Gasteiger partial charge in [-0.15, -0.1) is 11.3 Å². The molecule has 4 heterocycles. The van der Waals surface area contributed by atoms with E-state index in [9.17, 15) is 4.79 Å². The first-order valence-corrected chi connectivity index (χ1v) is 10.1. The molecule has 6 heteroatoms. The number of amides is 1. The SMILES string of the molecule is CC1C(NC(=O)c2ccc(Sc3nccs3)cc2)C2CCN1CC2. The van der Waals surface area contributed by atoms with E-state index in [-0.39, 0.29) is 11.9 Å². The highest BCUT2D eigenvalue weighted by Crippen LogP contribution is 2.32. The molecule has 2 bridgehead atoms. The number of hydrogen-bond acceptors (Lipinski definition) is 5. The summed E-state index contributed by atoms with van der Waals surface area (Å²) in [5.41, 5.74) is 0.738. The normalized spacial score (nSPS) is 28.7. The van der Waals surface area contributed by atoms with Crippen LogP contribution in [-0.2, 0) is 0 Å². The van der Waals surface area contributed by atoms with E-state index in [0.717, 1.165) is 14.8 Å². The summed E-state index contributed by atoms with van der Waals surface area (Å²) < 4.78 is 1.02. The van der Waals surface area contributed by atoms with Crippen LogP contribution in [-0.4, -0.2) is 41.0 Å². The maximum absolute atomic E-state index is 12.6. The molecule has 126 valence electrons. The third kappa shape index (κ3) is 3.23. The second kappa shape index (κ2) is 6.86. The minimum absolute atomic E-state index is 0.0476. The second-order valence-electron chi connectivity index (χ2n) is 6.54. The van der Waals surface area contributed by atoms with Crippen molar-refractivity contribution < 1.29 is 4.79 Å². The van der Waals surface area contributed by atoms with Gasteiger partial charge in [0.15, 0.2) is 4.34 Å². The van der Waals surface area contributed by atoms with Gasteiger partial charge in [0.25, 0.3) is 5.91 Å². The molecule has 0 aliphatic carbocycles. The maximum Gasteiger partial charge on any atom is 0.251 e. The number of carbonyl (C=O) groups is 1. The van der Waals surface area contributed by atoms with Crippen molar-refractivity contribution in [2.75, 3.05) is 13.1 Å². The highest BCUT2D eigenvalue weighted by molar-refractivity contribution is 8.01. The van der Waals surface area contributed by atoms with E-state index in [2.05, 4.69) is 22.1 Å². The molecule has 1 amide bonds. The Labute approximate surface area is 150 Å². The number of thiazole rings is 1. The van der Waals surface area contributed by atoms with Gasteiger partial charge in [-0.1, -0.05) is 11.8 Å². The topological polar surface area (TPSA) is 45.2 Å². The van der Waals surface area contributed by atoms with Crippen molar-refractivity contribution in [3.05, 3.63) is 41.4 Å². The van der Waals surface area contributed by atoms with Gasteiger partial charge in [0.05, 0.1) is 0 Å². The zero-order valence-corrected chi connectivity index (χ0v) is 15.3. The number of fused-ring (bicyclic) bond motifs is 3. The summed E-state index contributed by atoms with van der Waals surface area (Å²) >= 11 is 3.26. The van der Waals surface area contributed by atoms with Crippen LogP contribution in [0, 0.1) is 5.92 Å². The molecule has 0 radical (unpaired) electrons. The summed E-state index contributed by atoms with van der Waals surface area (Å²) in [6.07, 6.45) is 4.22. The first-order valence-electron chi connectivity index (χ1n) is 8.43.